The van der Waals surface area contributed by atoms with Crippen molar-refractivity contribution in [3.63, 3.8) is 0 Å². The first kappa shape index (κ1) is 16.6. The molecule has 0 saturated heterocycles. The summed E-state index contributed by atoms with van der Waals surface area (Å²) in [6.45, 7) is 3.66. The van der Waals surface area contributed by atoms with Gasteiger partial charge in [0.2, 0.25) is 0 Å². The van der Waals surface area contributed by atoms with Crippen LogP contribution in [0.1, 0.15) is 43.1 Å². The fraction of sp³-hybridized carbons (Fsp3) is 0.350. The van der Waals surface area contributed by atoms with Crippen LogP contribution in [0.15, 0.2) is 36.5 Å². The van der Waals surface area contributed by atoms with E-state index in [4.69, 9.17) is 14.5 Å². The monoisotopic (exact) mass is 351 g/mol. The SMILES string of the molecule is COc1cc(C(=O)OC(C)C)cc2nc(-c3ccccn3)n(C3CC3)c12. The van der Waals surface area contributed by atoms with Gasteiger partial charge in [-0.1, -0.05) is 6.07 Å². The molecule has 1 fully saturated rings. The number of carbonyl (C=O) groups excluding carboxylic acids is 1. The Morgan fingerprint density at radius 2 is 2.08 bits per heavy atom. The fourth-order valence-corrected chi connectivity index (χ4v) is 3.11. The first-order valence-electron chi connectivity index (χ1n) is 8.81. The van der Waals surface area contributed by atoms with Crippen LogP contribution in [-0.2, 0) is 4.74 Å². The standard InChI is InChI=1S/C20H21N3O3/c1-12(2)26-20(24)13-10-16-18(17(11-13)25-3)23(14-7-8-14)19(22-16)15-6-4-5-9-21-15/h4-6,9-12,14H,7-8H2,1-3H3. The number of benzene rings is 1. The maximum absolute atomic E-state index is 12.4. The summed E-state index contributed by atoms with van der Waals surface area (Å²) in [5, 5.41) is 0. The molecule has 0 radical (unpaired) electrons. The first-order valence-corrected chi connectivity index (χ1v) is 8.81. The highest BCUT2D eigenvalue weighted by atomic mass is 16.5. The van der Waals surface area contributed by atoms with E-state index in [2.05, 4.69) is 9.55 Å². The van der Waals surface area contributed by atoms with E-state index in [1.165, 1.54) is 0 Å². The van der Waals surface area contributed by atoms with Gasteiger partial charge >= 0.3 is 5.97 Å². The van der Waals surface area contributed by atoms with Gasteiger partial charge in [0.1, 0.15) is 17.0 Å². The molecule has 4 rings (SSSR count). The molecule has 1 aliphatic carbocycles. The molecule has 0 atom stereocenters. The highest BCUT2D eigenvalue weighted by molar-refractivity contribution is 5.97. The van der Waals surface area contributed by atoms with E-state index in [0.29, 0.717) is 22.9 Å². The summed E-state index contributed by atoms with van der Waals surface area (Å²) in [7, 11) is 1.61. The lowest BCUT2D eigenvalue weighted by atomic mass is 10.2. The number of nitrogens with zero attached hydrogens (tertiary/aromatic N) is 3. The molecule has 1 saturated carbocycles. The summed E-state index contributed by atoms with van der Waals surface area (Å²) >= 11 is 0. The van der Waals surface area contributed by atoms with Crippen LogP contribution in [0.3, 0.4) is 0 Å². The molecule has 0 spiro atoms. The Kier molecular flexibility index (Phi) is 4.11. The highest BCUT2D eigenvalue weighted by Gasteiger charge is 2.31. The van der Waals surface area contributed by atoms with E-state index < -0.39 is 0 Å². The van der Waals surface area contributed by atoms with Crippen molar-refractivity contribution in [3.05, 3.63) is 42.1 Å². The number of methoxy groups -OCH3 is 1. The van der Waals surface area contributed by atoms with Crippen LogP contribution in [0.25, 0.3) is 22.6 Å². The second-order valence-electron chi connectivity index (χ2n) is 6.75. The van der Waals surface area contributed by atoms with Crippen LogP contribution in [0, 0.1) is 0 Å². The van der Waals surface area contributed by atoms with Crippen molar-refractivity contribution in [2.75, 3.05) is 7.11 Å². The molecule has 1 aliphatic rings. The Labute approximate surface area is 151 Å². The van der Waals surface area contributed by atoms with Gasteiger partial charge in [0.25, 0.3) is 0 Å². The zero-order valence-electron chi connectivity index (χ0n) is 15.1. The molecule has 0 amide bonds. The Hall–Kier alpha value is -2.89. The molecule has 134 valence electrons. The van der Waals surface area contributed by atoms with E-state index in [0.717, 1.165) is 29.9 Å². The summed E-state index contributed by atoms with van der Waals surface area (Å²) in [4.78, 5) is 21.6. The zero-order chi connectivity index (χ0) is 18.3. The Balaban J connectivity index is 1.92. The number of esters is 1. The smallest absolute Gasteiger partial charge is 0.338 e. The minimum absolute atomic E-state index is 0.183. The minimum atomic E-state index is -0.374. The maximum Gasteiger partial charge on any atom is 0.338 e. The van der Waals surface area contributed by atoms with Gasteiger partial charge in [-0.3, -0.25) is 4.98 Å². The number of fused-ring (bicyclic) bond motifs is 1. The Morgan fingerprint density at radius 1 is 1.27 bits per heavy atom. The van der Waals surface area contributed by atoms with E-state index >= 15 is 0 Å². The van der Waals surface area contributed by atoms with Crippen LogP contribution in [0.4, 0.5) is 0 Å². The van der Waals surface area contributed by atoms with Gasteiger partial charge in [-0.25, -0.2) is 9.78 Å². The Morgan fingerprint density at radius 3 is 2.69 bits per heavy atom. The molecule has 1 aromatic carbocycles. The molecule has 0 unspecified atom stereocenters. The van der Waals surface area contributed by atoms with Crippen molar-refractivity contribution in [1.29, 1.82) is 0 Å². The molecule has 26 heavy (non-hydrogen) atoms. The van der Waals surface area contributed by atoms with Gasteiger partial charge in [-0.15, -0.1) is 0 Å². The summed E-state index contributed by atoms with van der Waals surface area (Å²) < 4.78 is 13.1. The first-order chi connectivity index (χ1) is 12.6. The number of pyridine rings is 1. The number of ether oxygens (including phenoxy) is 2. The van der Waals surface area contributed by atoms with Crippen LogP contribution >= 0.6 is 0 Å². The lowest BCUT2D eigenvalue weighted by molar-refractivity contribution is 0.0377. The average molecular weight is 351 g/mol. The van der Waals surface area contributed by atoms with Crippen molar-refractivity contribution in [2.24, 2.45) is 0 Å². The lowest BCUT2D eigenvalue weighted by Crippen LogP contribution is -2.11. The summed E-state index contributed by atoms with van der Waals surface area (Å²) in [5.74, 6) is 1.05. The van der Waals surface area contributed by atoms with Crippen molar-refractivity contribution in [2.45, 2.75) is 38.8 Å². The topological polar surface area (TPSA) is 66.2 Å². The molecular formula is C20H21N3O3. The van der Waals surface area contributed by atoms with Gasteiger partial charge in [0, 0.05) is 12.2 Å². The highest BCUT2D eigenvalue weighted by Crippen LogP contribution is 2.43. The molecule has 0 aliphatic heterocycles. The van der Waals surface area contributed by atoms with E-state index in [1.807, 2.05) is 32.0 Å². The molecule has 6 nitrogen and oxygen atoms in total. The van der Waals surface area contributed by atoms with Gasteiger partial charge in [-0.2, -0.15) is 0 Å². The molecule has 0 bridgehead atoms. The van der Waals surface area contributed by atoms with Gasteiger partial charge < -0.3 is 14.0 Å². The largest absolute Gasteiger partial charge is 0.494 e. The van der Waals surface area contributed by atoms with Gasteiger partial charge in [-0.05, 0) is 51.0 Å². The molecule has 2 heterocycles. The minimum Gasteiger partial charge on any atom is -0.494 e. The summed E-state index contributed by atoms with van der Waals surface area (Å²) in [5.41, 5.74) is 2.87. The number of rotatable bonds is 5. The van der Waals surface area contributed by atoms with Crippen LogP contribution in [0.5, 0.6) is 5.75 Å². The number of hydrogen-bond acceptors (Lipinski definition) is 5. The predicted molar refractivity (Wildman–Crippen MR) is 98.3 cm³/mol. The molecule has 3 aromatic rings. The molecule has 0 N–H and O–H groups in total. The number of carbonyl (C=O) groups is 1. The molecular weight excluding hydrogens is 330 g/mol. The molecule has 2 aromatic heterocycles. The van der Waals surface area contributed by atoms with Crippen LogP contribution in [0.2, 0.25) is 0 Å². The average Bonchev–Trinajstić information content (AvgIpc) is 3.40. The summed E-state index contributed by atoms with van der Waals surface area (Å²) in [6.07, 6.45) is 3.78. The van der Waals surface area contributed by atoms with Gasteiger partial charge in [0.15, 0.2) is 5.82 Å². The van der Waals surface area contributed by atoms with E-state index in [9.17, 15) is 4.79 Å². The second-order valence-corrected chi connectivity index (χ2v) is 6.75. The van der Waals surface area contributed by atoms with Crippen molar-refractivity contribution in [1.82, 2.24) is 14.5 Å². The van der Waals surface area contributed by atoms with E-state index in [-0.39, 0.29) is 12.1 Å². The quantitative estimate of drug-likeness (QED) is 0.650. The Bertz CT molecular complexity index is 959. The predicted octanol–water partition coefficient (Wildman–Crippen LogP) is 4.01. The van der Waals surface area contributed by atoms with Gasteiger partial charge in [0.05, 0.1) is 24.3 Å². The third-order valence-electron chi connectivity index (χ3n) is 4.35. The third-order valence-corrected chi connectivity index (χ3v) is 4.35. The third kappa shape index (κ3) is 2.92. The number of imidazole rings is 1. The lowest BCUT2D eigenvalue weighted by Gasteiger charge is -2.12. The normalized spacial score (nSPS) is 14.0. The number of hydrogen-bond donors (Lipinski definition) is 0. The van der Waals surface area contributed by atoms with Crippen LogP contribution in [-0.4, -0.2) is 33.7 Å². The van der Waals surface area contributed by atoms with Crippen molar-refractivity contribution < 1.29 is 14.3 Å². The van der Waals surface area contributed by atoms with Crippen LogP contribution < -0.4 is 4.74 Å². The zero-order valence-corrected chi connectivity index (χ0v) is 15.1. The summed E-state index contributed by atoms with van der Waals surface area (Å²) in [6, 6.07) is 9.67. The molecule has 6 heteroatoms. The van der Waals surface area contributed by atoms with Crippen molar-refractivity contribution in [3.8, 4) is 17.3 Å². The number of aromatic nitrogens is 3. The van der Waals surface area contributed by atoms with Crippen molar-refractivity contribution >= 4 is 17.0 Å². The van der Waals surface area contributed by atoms with E-state index in [1.54, 1.807) is 25.4 Å². The maximum atomic E-state index is 12.4. The fourth-order valence-electron chi connectivity index (χ4n) is 3.11. The second kappa shape index (κ2) is 6.44.